The van der Waals surface area contributed by atoms with Crippen molar-refractivity contribution >= 4 is 47.8 Å². The van der Waals surface area contributed by atoms with Gasteiger partial charge in [0.2, 0.25) is 5.82 Å². The van der Waals surface area contributed by atoms with Crippen molar-refractivity contribution in [3.63, 3.8) is 0 Å². The normalized spacial score (nSPS) is 13.9. The van der Waals surface area contributed by atoms with E-state index in [1.54, 1.807) is 30.3 Å². The maximum atomic E-state index is 13.0. The lowest BCUT2D eigenvalue weighted by atomic mass is 10.2. The number of hydrogen-bond acceptors (Lipinski definition) is 5. The van der Waals surface area contributed by atoms with E-state index in [0.29, 0.717) is 27.0 Å². The molecule has 6 nitrogen and oxygen atoms in total. The van der Waals surface area contributed by atoms with Gasteiger partial charge in [0.15, 0.2) is 7.29 Å². The van der Waals surface area contributed by atoms with Gasteiger partial charge in [-0.05, 0) is 35.9 Å². The molecule has 0 aliphatic heterocycles. The van der Waals surface area contributed by atoms with Crippen LogP contribution in [0.5, 0.6) is 0 Å². The molecule has 1 N–H and O–H groups in total. The lowest BCUT2D eigenvalue weighted by molar-refractivity contribution is 0.0551. The Balaban J connectivity index is 1.75. The molecule has 0 bridgehead atoms. The molecule has 3 aromatic rings. The standard InChI is InChI=1S/C16H12Cl3F2N4O2P/c1-28(26,25-13-11(17)3-2-4-12(13)18)8-10-6-5-9(7-22-10)14-23-15(27-24-14)16(19,20)21/h2-7H,8H2,1H3,(H,25,26). The fourth-order valence-electron chi connectivity index (χ4n) is 2.30. The number of para-hydroxylation sites is 1. The summed E-state index contributed by atoms with van der Waals surface area (Å²) >= 11 is 17.0. The number of nitrogens with zero attached hydrogens (tertiary/aromatic N) is 3. The van der Waals surface area contributed by atoms with Crippen LogP contribution in [-0.2, 0) is 16.1 Å². The number of hydrogen-bond donors (Lipinski definition) is 1. The van der Waals surface area contributed by atoms with Crippen LogP contribution in [0.4, 0.5) is 14.5 Å². The van der Waals surface area contributed by atoms with E-state index in [-0.39, 0.29) is 12.0 Å². The largest absolute Gasteiger partial charge is 0.400 e. The van der Waals surface area contributed by atoms with Crippen LogP contribution < -0.4 is 5.09 Å². The number of anilines is 1. The Hall–Kier alpha value is -1.73. The molecule has 0 aliphatic rings. The number of benzene rings is 1. The van der Waals surface area contributed by atoms with Gasteiger partial charge in [0.25, 0.3) is 0 Å². The zero-order valence-corrected chi connectivity index (χ0v) is 17.3. The third-order valence-corrected chi connectivity index (χ3v) is 5.94. The molecule has 0 radical (unpaired) electrons. The molecule has 1 atom stereocenters. The number of alkyl halides is 3. The monoisotopic (exact) mass is 466 g/mol. The van der Waals surface area contributed by atoms with Gasteiger partial charge in [0.1, 0.15) is 0 Å². The third kappa shape index (κ3) is 5.00. The van der Waals surface area contributed by atoms with Crippen LogP contribution in [0.25, 0.3) is 11.4 Å². The Bertz CT molecular complexity index is 1020. The Morgan fingerprint density at radius 2 is 1.89 bits per heavy atom. The van der Waals surface area contributed by atoms with Crippen molar-refractivity contribution < 1.29 is 17.9 Å². The van der Waals surface area contributed by atoms with Crippen molar-refractivity contribution in [2.75, 3.05) is 11.8 Å². The van der Waals surface area contributed by atoms with Crippen LogP contribution in [0, 0.1) is 0 Å². The predicted octanol–water partition coefficient (Wildman–Crippen LogP) is 6.25. The summed E-state index contributed by atoms with van der Waals surface area (Å²) in [5, 5.41) is 3.28. The number of nitrogens with one attached hydrogen (secondary N) is 1. The summed E-state index contributed by atoms with van der Waals surface area (Å²) in [5.41, 5.74) is 1.22. The molecule has 12 heteroatoms. The minimum atomic E-state index is -3.75. The average molecular weight is 468 g/mol. The summed E-state index contributed by atoms with van der Waals surface area (Å²) in [6, 6.07) is 8.07. The first kappa shape index (κ1) is 21.0. The average Bonchev–Trinajstić information content (AvgIpc) is 3.09. The Morgan fingerprint density at radius 1 is 1.21 bits per heavy atom. The second kappa shape index (κ2) is 7.95. The number of aromatic nitrogens is 3. The van der Waals surface area contributed by atoms with E-state index in [4.69, 9.17) is 34.8 Å². The van der Waals surface area contributed by atoms with Gasteiger partial charge in [-0.1, -0.05) is 34.4 Å². The lowest BCUT2D eigenvalue weighted by Gasteiger charge is -2.18. The zero-order valence-electron chi connectivity index (χ0n) is 14.2. The van der Waals surface area contributed by atoms with Gasteiger partial charge in [0, 0.05) is 24.1 Å². The number of pyridine rings is 1. The molecular weight excluding hydrogens is 456 g/mol. The quantitative estimate of drug-likeness (QED) is 0.341. The molecule has 0 fully saturated rings. The van der Waals surface area contributed by atoms with Gasteiger partial charge in [-0.25, -0.2) is 0 Å². The predicted molar refractivity (Wildman–Crippen MR) is 105 cm³/mol. The van der Waals surface area contributed by atoms with E-state index < -0.39 is 18.6 Å². The first-order valence-electron chi connectivity index (χ1n) is 7.70. The smallest absolute Gasteiger partial charge is 0.334 e. The molecule has 0 amide bonds. The highest BCUT2D eigenvalue weighted by Crippen LogP contribution is 2.48. The maximum absolute atomic E-state index is 13.0. The van der Waals surface area contributed by atoms with Gasteiger partial charge in [-0.2, -0.15) is 13.8 Å². The molecule has 0 aliphatic carbocycles. The Morgan fingerprint density at radius 3 is 2.43 bits per heavy atom. The minimum absolute atomic E-state index is 0.0879. The molecule has 148 valence electrons. The van der Waals surface area contributed by atoms with Crippen LogP contribution in [-0.4, -0.2) is 21.8 Å². The van der Waals surface area contributed by atoms with E-state index in [1.807, 2.05) is 0 Å². The first-order valence-corrected chi connectivity index (χ1v) is 11.2. The second-order valence-corrected chi connectivity index (χ2v) is 9.96. The summed E-state index contributed by atoms with van der Waals surface area (Å²) in [4.78, 5) is 7.71. The van der Waals surface area contributed by atoms with Crippen LogP contribution >= 0.6 is 42.1 Å². The molecule has 28 heavy (non-hydrogen) atoms. The van der Waals surface area contributed by atoms with Crippen molar-refractivity contribution in [2.45, 2.75) is 11.5 Å². The van der Waals surface area contributed by atoms with E-state index in [0.717, 1.165) is 0 Å². The van der Waals surface area contributed by atoms with Crippen molar-refractivity contribution in [1.82, 2.24) is 15.1 Å². The lowest BCUT2D eigenvalue weighted by Crippen LogP contribution is -2.03. The van der Waals surface area contributed by atoms with Crippen LogP contribution in [0.2, 0.25) is 10.0 Å². The van der Waals surface area contributed by atoms with Crippen molar-refractivity contribution in [3.8, 4) is 11.4 Å². The van der Waals surface area contributed by atoms with E-state index in [1.165, 1.54) is 12.9 Å². The molecule has 1 unspecified atom stereocenters. The van der Waals surface area contributed by atoms with Gasteiger partial charge < -0.3 is 14.2 Å². The van der Waals surface area contributed by atoms with Gasteiger partial charge in [-0.15, -0.1) is 0 Å². The van der Waals surface area contributed by atoms with Gasteiger partial charge in [0.05, 0.1) is 21.9 Å². The Kier molecular flexibility index (Phi) is 5.96. The van der Waals surface area contributed by atoms with Gasteiger partial charge >= 0.3 is 11.3 Å². The summed E-state index contributed by atoms with van der Waals surface area (Å²) in [5.74, 6) is -1.10. The zero-order chi connectivity index (χ0) is 20.5. The highest BCUT2D eigenvalue weighted by molar-refractivity contribution is 7.63. The van der Waals surface area contributed by atoms with Crippen LogP contribution in [0.15, 0.2) is 41.1 Å². The number of halogens is 5. The third-order valence-electron chi connectivity index (χ3n) is 3.53. The van der Waals surface area contributed by atoms with Crippen molar-refractivity contribution in [1.29, 1.82) is 0 Å². The maximum Gasteiger partial charge on any atom is 0.400 e. The molecule has 1 aromatic carbocycles. The second-order valence-electron chi connectivity index (χ2n) is 5.93. The molecule has 3 rings (SSSR count). The molecule has 2 aromatic heterocycles. The van der Waals surface area contributed by atoms with Gasteiger partial charge in [-0.3, -0.25) is 4.98 Å². The fraction of sp³-hybridized carbons (Fsp3) is 0.188. The van der Waals surface area contributed by atoms with Crippen molar-refractivity contribution in [2.24, 2.45) is 0 Å². The summed E-state index contributed by atoms with van der Waals surface area (Å²) in [7, 11) is -2.94. The summed E-state index contributed by atoms with van der Waals surface area (Å²) in [6.07, 6.45) is 1.46. The first-order chi connectivity index (χ1) is 13.0. The SMILES string of the molecule is CP(=O)(Cc1ccc(-c2noc(C(F)(F)Cl)n2)cn1)Nc1c(Cl)cccc1Cl. The van der Waals surface area contributed by atoms with Crippen molar-refractivity contribution in [3.05, 3.63) is 58.2 Å². The van der Waals surface area contributed by atoms with E-state index in [9.17, 15) is 13.3 Å². The number of rotatable bonds is 6. The summed E-state index contributed by atoms with van der Waals surface area (Å²) in [6.45, 7) is 1.54. The van der Waals surface area contributed by atoms with Crippen LogP contribution in [0.1, 0.15) is 11.6 Å². The topological polar surface area (TPSA) is 80.9 Å². The van der Waals surface area contributed by atoms with E-state index in [2.05, 4.69) is 24.7 Å². The highest BCUT2D eigenvalue weighted by Gasteiger charge is 2.35. The minimum Gasteiger partial charge on any atom is -0.334 e. The molecule has 0 spiro atoms. The fourth-order valence-corrected chi connectivity index (χ4v) is 4.59. The van der Waals surface area contributed by atoms with E-state index >= 15 is 0 Å². The molecule has 2 heterocycles. The molecule has 0 saturated carbocycles. The molecular formula is C16H12Cl3F2N4O2P. The Labute approximate surface area is 173 Å². The molecule has 0 saturated heterocycles. The summed E-state index contributed by atoms with van der Waals surface area (Å²) < 4.78 is 43.3. The van der Waals surface area contributed by atoms with Crippen LogP contribution in [0.3, 0.4) is 0 Å². The highest BCUT2D eigenvalue weighted by atomic mass is 35.5.